The lowest BCUT2D eigenvalue weighted by molar-refractivity contribution is -0.143. The van der Waals surface area contributed by atoms with Crippen molar-refractivity contribution in [1.29, 1.82) is 0 Å². The van der Waals surface area contributed by atoms with E-state index in [1.54, 1.807) is 34.6 Å². The van der Waals surface area contributed by atoms with Gasteiger partial charge >= 0.3 is 5.97 Å². The molecule has 248 valence electrons. The minimum Gasteiger partial charge on any atom is -0.480 e. The molecule has 15 nitrogen and oxygen atoms in total. The molecule has 0 aromatic rings. The fourth-order valence-corrected chi connectivity index (χ4v) is 4.02. The summed E-state index contributed by atoms with van der Waals surface area (Å²) in [5.41, 5.74) is 11.2. The molecule has 0 aliphatic heterocycles. The van der Waals surface area contributed by atoms with Crippen LogP contribution in [0.25, 0.3) is 0 Å². The van der Waals surface area contributed by atoms with Crippen LogP contribution in [-0.2, 0) is 28.8 Å². The van der Waals surface area contributed by atoms with Gasteiger partial charge in [0, 0.05) is 0 Å². The topological polar surface area (TPSA) is 255 Å². The standard InChI is InChI=1S/C28H53N7O8/c1-8-16(6)22(35-24(38)18(30)13-36)27(41)32-19(11-9-10-12-29)25(39)33-20(14(2)3)26(40)31-17(7)23(37)34-21(15(4)5)28(42)43/h14-22,36H,8-13,29-30H2,1-7H3,(H,31,40)(H,32,41)(H,33,39)(H,34,37)(H,35,38)(H,42,43)/t16-,17+,18-,19-,20-,21-,22-/m0/s1. The van der Waals surface area contributed by atoms with Gasteiger partial charge in [-0.25, -0.2) is 4.79 Å². The molecular weight excluding hydrogens is 562 g/mol. The molecule has 0 unspecified atom stereocenters. The Morgan fingerprint density at radius 3 is 1.65 bits per heavy atom. The van der Waals surface area contributed by atoms with E-state index in [1.807, 2.05) is 6.92 Å². The van der Waals surface area contributed by atoms with Crippen molar-refractivity contribution in [3.05, 3.63) is 0 Å². The average molecular weight is 616 g/mol. The monoisotopic (exact) mass is 615 g/mol. The minimum atomic E-state index is -1.22. The Labute approximate surface area is 254 Å². The summed E-state index contributed by atoms with van der Waals surface area (Å²) >= 11 is 0. The van der Waals surface area contributed by atoms with Crippen LogP contribution in [0, 0.1) is 17.8 Å². The summed E-state index contributed by atoms with van der Waals surface area (Å²) in [6.45, 7) is 11.4. The molecule has 0 aliphatic carbocycles. The van der Waals surface area contributed by atoms with Crippen LogP contribution >= 0.6 is 0 Å². The normalized spacial score (nSPS) is 16.2. The molecule has 0 radical (unpaired) electrons. The fraction of sp³-hybridized carbons (Fsp3) is 0.786. The predicted octanol–water partition coefficient (Wildman–Crippen LogP) is -1.68. The molecule has 0 rings (SSSR count). The van der Waals surface area contributed by atoms with E-state index in [0.717, 1.165) is 0 Å². The van der Waals surface area contributed by atoms with Gasteiger partial charge in [0.2, 0.25) is 29.5 Å². The number of nitrogens with one attached hydrogen (secondary N) is 5. The predicted molar refractivity (Wildman–Crippen MR) is 160 cm³/mol. The van der Waals surface area contributed by atoms with Gasteiger partial charge in [0.1, 0.15) is 36.3 Å². The van der Waals surface area contributed by atoms with Gasteiger partial charge in [0.15, 0.2) is 0 Å². The van der Waals surface area contributed by atoms with Crippen molar-refractivity contribution < 1.29 is 39.0 Å². The molecule has 7 atom stereocenters. The molecule has 0 saturated heterocycles. The quantitative estimate of drug-likeness (QED) is 0.0703. The van der Waals surface area contributed by atoms with Crippen molar-refractivity contribution in [2.45, 2.75) is 110 Å². The van der Waals surface area contributed by atoms with Crippen molar-refractivity contribution >= 4 is 35.5 Å². The number of hydrogen-bond donors (Lipinski definition) is 9. The molecule has 0 aromatic heterocycles. The van der Waals surface area contributed by atoms with Gasteiger partial charge in [-0.15, -0.1) is 0 Å². The lowest BCUT2D eigenvalue weighted by Crippen LogP contribution is -2.60. The molecule has 0 heterocycles. The lowest BCUT2D eigenvalue weighted by atomic mass is 9.96. The molecule has 0 aliphatic rings. The molecule has 0 saturated carbocycles. The molecule has 0 spiro atoms. The summed E-state index contributed by atoms with van der Waals surface area (Å²) in [5, 5.41) is 31.3. The maximum absolute atomic E-state index is 13.4. The average Bonchev–Trinajstić information content (AvgIpc) is 2.94. The summed E-state index contributed by atoms with van der Waals surface area (Å²) in [6, 6.07) is -6.68. The van der Waals surface area contributed by atoms with Gasteiger partial charge in [0.25, 0.3) is 0 Å². The summed E-state index contributed by atoms with van der Waals surface area (Å²) in [6.07, 6.45) is 1.78. The van der Waals surface area contributed by atoms with E-state index in [2.05, 4.69) is 26.6 Å². The molecule has 15 heteroatoms. The summed E-state index contributed by atoms with van der Waals surface area (Å²) in [7, 11) is 0. The zero-order chi connectivity index (χ0) is 33.4. The number of unbranched alkanes of at least 4 members (excludes halogenated alkanes) is 1. The number of carbonyl (C=O) groups excluding carboxylic acids is 5. The van der Waals surface area contributed by atoms with Crippen molar-refractivity contribution in [3.63, 3.8) is 0 Å². The van der Waals surface area contributed by atoms with Crippen LogP contribution in [0.2, 0.25) is 0 Å². The Kier molecular flexibility index (Phi) is 18.3. The zero-order valence-electron chi connectivity index (χ0n) is 26.4. The molecule has 0 bridgehead atoms. The second-order valence-corrected chi connectivity index (χ2v) is 11.5. The third-order valence-electron chi connectivity index (χ3n) is 7.14. The van der Waals surface area contributed by atoms with Crippen molar-refractivity contribution in [2.24, 2.45) is 29.2 Å². The molecule has 11 N–H and O–H groups in total. The van der Waals surface area contributed by atoms with Crippen LogP contribution in [0.3, 0.4) is 0 Å². The van der Waals surface area contributed by atoms with E-state index in [9.17, 15) is 39.0 Å². The van der Waals surface area contributed by atoms with E-state index in [1.165, 1.54) is 6.92 Å². The zero-order valence-corrected chi connectivity index (χ0v) is 26.4. The molecular formula is C28H53N7O8. The third-order valence-corrected chi connectivity index (χ3v) is 7.14. The highest BCUT2D eigenvalue weighted by molar-refractivity contribution is 5.96. The van der Waals surface area contributed by atoms with E-state index in [0.29, 0.717) is 25.8 Å². The highest BCUT2D eigenvalue weighted by atomic mass is 16.4. The first-order valence-corrected chi connectivity index (χ1v) is 14.8. The second kappa shape index (κ2) is 19.8. The first kappa shape index (κ1) is 39.7. The van der Waals surface area contributed by atoms with Crippen LogP contribution in [0.4, 0.5) is 0 Å². The molecule has 5 amide bonds. The van der Waals surface area contributed by atoms with Crippen molar-refractivity contribution in [1.82, 2.24) is 26.6 Å². The second-order valence-electron chi connectivity index (χ2n) is 11.5. The van der Waals surface area contributed by atoms with Crippen LogP contribution in [0.5, 0.6) is 0 Å². The number of hydrogen-bond acceptors (Lipinski definition) is 9. The number of rotatable bonds is 20. The largest absolute Gasteiger partial charge is 0.480 e. The van der Waals surface area contributed by atoms with E-state index >= 15 is 0 Å². The fourth-order valence-electron chi connectivity index (χ4n) is 4.02. The summed E-state index contributed by atoms with van der Waals surface area (Å²) < 4.78 is 0. The number of nitrogens with two attached hydrogens (primary N) is 2. The number of carboxylic acids is 1. The van der Waals surface area contributed by atoms with Crippen molar-refractivity contribution in [3.8, 4) is 0 Å². The number of aliphatic hydroxyl groups excluding tert-OH is 1. The van der Waals surface area contributed by atoms with Crippen LogP contribution in [-0.4, -0.2) is 95.1 Å². The Bertz CT molecular complexity index is 946. The van der Waals surface area contributed by atoms with E-state index in [-0.39, 0.29) is 12.3 Å². The minimum absolute atomic E-state index is 0.198. The number of aliphatic carboxylic acids is 1. The molecule has 0 fully saturated rings. The first-order valence-electron chi connectivity index (χ1n) is 14.8. The van der Waals surface area contributed by atoms with Gasteiger partial charge in [-0.3, -0.25) is 24.0 Å². The highest BCUT2D eigenvalue weighted by Crippen LogP contribution is 2.11. The smallest absolute Gasteiger partial charge is 0.326 e. The summed E-state index contributed by atoms with van der Waals surface area (Å²) in [4.78, 5) is 76.2. The van der Waals surface area contributed by atoms with E-state index < -0.39 is 90.2 Å². The number of carbonyl (C=O) groups is 6. The summed E-state index contributed by atoms with van der Waals surface area (Å²) in [5.74, 6) is -5.72. The van der Waals surface area contributed by atoms with Crippen LogP contribution in [0.15, 0.2) is 0 Å². The Morgan fingerprint density at radius 2 is 1.19 bits per heavy atom. The van der Waals surface area contributed by atoms with Crippen LogP contribution in [0.1, 0.15) is 74.1 Å². The Balaban J connectivity index is 5.79. The highest BCUT2D eigenvalue weighted by Gasteiger charge is 2.34. The third kappa shape index (κ3) is 13.7. The van der Waals surface area contributed by atoms with Crippen molar-refractivity contribution in [2.75, 3.05) is 13.2 Å². The maximum Gasteiger partial charge on any atom is 0.326 e. The number of carboxylic acid groups (broad SMARTS) is 1. The van der Waals surface area contributed by atoms with Gasteiger partial charge in [-0.05, 0) is 50.5 Å². The van der Waals surface area contributed by atoms with Gasteiger partial charge in [0.05, 0.1) is 6.61 Å². The maximum atomic E-state index is 13.4. The molecule has 0 aromatic carbocycles. The number of aliphatic hydroxyl groups is 1. The number of amides is 5. The lowest BCUT2D eigenvalue weighted by Gasteiger charge is -2.29. The molecule has 43 heavy (non-hydrogen) atoms. The Hall–Kier alpha value is -3.30. The van der Waals surface area contributed by atoms with Gasteiger partial charge in [-0.2, -0.15) is 0 Å². The first-order chi connectivity index (χ1) is 20.0. The van der Waals surface area contributed by atoms with E-state index in [4.69, 9.17) is 11.5 Å². The Morgan fingerprint density at radius 1 is 0.674 bits per heavy atom. The van der Waals surface area contributed by atoms with Crippen LogP contribution < -0.4 is 38.1 Å². The van der Waals surface area contributed by atoms with Gasteiger partial charge in [-0.1, -0.05) is 48.0 Å². The SMILES string of the molecule is CC[C@H](C)[C@H](NC(=O)[C@@H](N)CO)C(=O)N[C@@H](CCCCN)C(=O)N[C@H](C(=O)N[C@H](C)C(=O)N[C@H](C(=O)O)C(C)C)C(C)C. The van der Waals surface area contributed by atoms with Gasteiger partial charge < -0.3 is 48.3 Å².